The van der Waals surface area contributed by atoms with E-state index in [4.69, 9.17) is 17.0 Å². The molecule has 0 radical (unpaired) electrons. The van der Waals surface area contributed by atoms with E-state index in [1.807, 2.05) is 12.2 Å². The molecule has 1 aliphatic rings. The van der Waals surface area contributed by atoms with E-state index in [-0.39, 0.29) is 0 Å². The second kappa shape index (κ2) is 29.7. The Morgan fingerprint density at radius 1 is 1.19 bits per heavy atom. The Bertz CT molecular complexity index is 116. The van der Waals surface area contributed by atoms with Crippen LogP contribution in [-0.2, 0) is 20.8 Å². The van der Waals surface area contributed by atoms with Crippen LogP contribution in [0.5, 0.6) is 0 Å². The molecule has 0 heterocycles. The van der Waals surface area contributed by atoms with Crippen molar-refractivity contribution in [3.8, 4) is 0 Å². The molecule has 0 aromatic rings. The van der Waals surface area contributed by atoms with E-state index in [2.05, 4.69) is 39.8 Å². The van der Waals surface area contributed by atoms with Crippen molar-refractivity contribution in [2.24, 2.45) is 0 Å². The predicted molar refractivity (Wildman–Crippen MR) is 73.8 cm³/mol. The summed E-state index contributed by atoms with van der Waals surface area (Å²) in [7, 11) is 9.87. The molecule has 0 nitrogen and oxygen atoms in total. The van der Waals surface area contributed by atoms with Crippen LogP contribution in [0.3, 0.4) is 0 Å². The van der Waals surface area contributed by atoms with Gasteiger partial charge in [0.2, 0.25) is 0 Å². The van der Waals surface area contributed by atoms with Gasteiger partial charge in [-0.3, -0.25) is 6.08 Å². The SMILES string of the molecule is [C-]1=CC=CC1.[CH2-]CCC.[CH2-]CCC.[Cl][Zr][Cl]. The number of rotatable bonds is 2. The van der Waals surface area contributed by atoms with Crippen LogP contribution in [0.1, 0.15) is 46.0 Å². The van der Waals surface area contributed by atoms with Crippen LogP contribution in [0, 0.1) is 19.9 Å². The van der Waals surface area contributed by atoms with Crippen molar-refractivity contribution in [1.82, 2.24) is 0 Å². The summed E-state index contributed by atoms with van der Waals surface area (Å²) in [6.45, 7) is 11.4. The number of hydrogen-bond donors (Lipinski definition) is 0. The first-order valence-corrected chi connectivity index (χ1v) is 11.8. The molecule has 0 aromatic heterocycles. The van der Waals surface area contributed by atoms with Gasteiger partial charge in [0.25, 0.3) is 0 Å². The number of halogens is 2. The molecule has 3 heteroatoms. The fourth-order valence-corrected chi connectivity index (χ4v) is 0.340. The number of allylic oxidation sites excluding steroid dienone is 4. The summed E-state index contributed by atoms with van der Waals surface area (Å²) in [4.78, 5) is 0. The van der Waals surface area contributed by atoms with E-state index in [9.17, 15) is 0 Å². The van der Waals surface area contributed by atoms with Crippen molar-refractivity contribution in [1.29, 1.82) is 0 Å². The van der Waals surface area contributed by atoms with Gasteiger partial charge >= 0.3 is 37.9 Å². The Labute approximate surface area is 121 Å². The molecule has 0 N–H and O–H groups in total. The van der Waals surface area contributed by atoms with Crippen LogP contribution in [-0.4, -0.2) is 0 Å². The first kappa shape index (κ1) is 22.2. The molecule has 0 spiro atoms. The molecule has 0 bridgehead atoms. The second-order valence-corrected chi connectivity index (χ2v) is 6.51. The number of hydrogen-bond acceptors (Lipinski definition) is 0. The maximum atomic E-state index is 4.93. The van der Waals surface area contributed by atoms with Gasteiger partial charge in [-0.1, -0.05) is 26.7 Å². The van der Waals surface area contributed by atoms with Gasteiger partial charge in [0.1, 0.15) is 0 Å². The van der Waals surface area contributed by atoms with Crippen molar-refractivity contribution < 1.29 is 20.8 Å². The van der Waals surface area contributed by atoms with Gasteiger partial charge < -0.3 is 13.8 Å². The van der Waals surface area contributed by atoms with Crippen LogP contribution >= 0.6 is 17.0 Å². The minimum atomic E-state index is -0.826. The zero-order valence-corrected chi connectivity index (χ0v) is 14.4. The summed E-state index contributed by atoms with van der Waals surface area (Å²) in [6, 6.07) is 0. The van der Waals surface area contributed by atoms with Crippen LogP contribution < -0.4 is 0 Å². The van der Waals surface area contributed by atoms with E-state index < -0.39 is 20.8 Å². The molecule has 0 aliphatic heterocycles. The molecule has 0 atom stereocenters. The summed E-state index contributed by atoms with van der Waals surface area (Å²) in [6.07, 6.45) is 14.6. The maximum absolute atomic E-state index is 4.93. The first-order chi connectivity index (χ1) is 7.74. The van der Waals surface area contributed by atoms with Crippen LogP contribution in [0.15, 0.2) is 18.2 Å². The normalized spacial score (nSPS) is 10.1. The fraction of sp³-hybridized carbons (Fsp3) is 0.538. The third-order valence-electron chi connectivity index (χ3n) is 1.29. The predicted octanol–water partition coefficient (Wildman–Crippen LogP) is 5.92. The molecular weight excluding hydrogens is 318 g/mol. The fourth-order valence-electron chi connectivity index (χ4n) is 0.340. The van der Waals surface area contributed by atoms with Gasteiger partial charge in [0, 0.05) is 0 Å². The van der Waals surface area contributed by atoms with Crippen LogP contribution in [0.25, 0.3) is 0 Å². The molecule has 16 heavy (non-hydrogen) atoms. The summed E-state index contributed by atoms with van der Waals surface area (Å²) in [5.74, 6) is 0. The molecule has 0 unspecified atom stereocenters. The Balaban J connectivity index is -0.000000144. The average Bonchev–Trinajstić information content (AvgIpc) is 2.89. The third-order valence-corrected chi connectivity index (χ3v) is 1.29. The van der Waals surface area contributed by atoms with Crippen LogP contribution in [0.2, 0.25) is 0 Å². The molecule has 0 saturated heterocycles. The number of unbranched alkanes of at least 4 members (excludes halogenated alkanes) is 2. The standard InChI is InChI=1S/C5H5.2C4H9.2ClH.Zr/c1-2-4-5-3-1;2*1-3-4-2;;;/h1-3H,4H2;2*1,3-4H2,2H3;2*1H;/q3*-1;;;+2/p-2. The van der Waals surface area contributed by atoms with E-state index in [1.54, 1.807) is 0 Å². The zero-order valence-electron chi connectivity index (χ0n) is 10.4. The monoisotopic (exact) mass is 339 g/mol. The summed E-state index contributed by atoms with van der Waals surface area (Å²) in [5, 5.41) is 0. The van der Waals surface area contributed by atoms with Crippen LogP contribution in [0.4, 0.5) is 0 Å². The zero-order chi connectivity index (χ0) is 13.1. The van der Waals surface area contributed by atoms with E-state index in [1.165, 1.54) is 12.8 Å². The molecular formula is C13H23Cl2Zr-3. The third kappa shape index (κ3) is 46.0. The first-order valence-electron chi connectivity index (χ1n) is 5.51. The van der Waals surface area contributed by atoms with Crippen molar-refractivity contribution in [3.63, 3.8) is 0 Å². The average molecular weight is 341 g/mol. The molecule has 0 amide bonds. The van der Waals surface area contributed by atoms with E-state index in [0.717, 1.165) is 19.3 Å². The van der Waals surface area contributed by atoms with Gasteiger partial charge in [0.15, 0.2) is 0 Å². The quantitative estimate of drug-likeness (QED) is 0.547. The van der Waals surface area contributed by atoms with Crippen molar-refractivity contribution >= 4 is 17.0 Å². The Kier molecular flexibility index (Phi) is 41.2. The molecule has 0 saturated carbocycles. The molecule has 96 valence electrons. The van der Waals surface area contributed by atoms with E-state index >= 15 is 0 Å². The summed E-state index contributed by atoms with van der Waals surface area (Å²) >= 11 is -0.826. The molecule has 0 fully saturated rings. The van der Waals surface area contributed by atoms with Gasteiger partial charge in [-0.15, -0.1) is 6.42 Å². The molecule has 1 rings (SSSR count). The summed E-state index contributed by atoms with van der Waals surface area (Å²) < 4.78 is 0. The Morgan fingerprint density at radius 3 is 1.62 bits per heavy atom. The van der Waals surface area contributed by atoms with E-state index in [0.29, 0.717) is 0 Å². The second-order valence-electron chi connectivity index (χ2n) is 2.78. The Morgan fingerprint density at radius 2 is 1.56 bits per heavy atom. The Hall–Kier alpha value is 0.943. The van der Waals surface area contributed by atoms with Crippen molar-refractivity contribution in [2.75, 3.05) is 0 Å². The van der Waals surface area contributed by atoms with Gasteiger partial charge in [0.05, 0.1) is 0 Å². The summed E-state index contributed by atoms with van der Waals surface area (Å²) in [5.41, 5.74) is 0. The van der Waals surface area contributed by atoms with Crippen molar-refractivity contribution in [3.05, 3.63) is 38.2 Å². The molecule has 0 aromatic carbocycles. The molecule has 1 aliphatic carbocycles. The van der Waals surface area contributed by atoms with Crippen molar-refractivity contribution in [2.45, 2.75) is 46.0 Å². The minimum absolute atomic E-state index is 0.826. The topological polar surface area (TPSA) is 0 Å². The van der Waals surface area contributed by atoms with Gasteiger partial charge in [-0.2, -0.15) is 18.9 Å². The van der Waals surface area contributed by atoms with Gasteiger partial charge in [-0.25, -0.2) is 12.2 Å². The van der Waals surface area contributed by atoms with Gasteiger partial charge in [-0.05, 0) is 0 Å².